The van der Waals surface area contributed by atoms with Crippen molar-refractivity contribution in [2.24, 2.45) is 0 Å². The number of nitrogens with two attached hydrogens (primary N) is 2. The van der Waals surface area contributed by atoms with Crippen molar-refractivity contribution in [2.45, 2.75) is 0 Å². The van der Waals surface area contributed by atoms with Crippen molar-refractivity contribution in [3.8, 4) is 5.88 Å². The summed E-state index contributed by atoms with van der Waals surface area (Å²) in [6.07, 6.45) is 0. The number of H-pyrrole nitrogens is 1. The maximum Gasteiger partial charge on any atom is 0.271 e. The minimum absolute atomic E-state index is 0. The van der Waals surface area contributed by atoms with Gasteiger partial charge in [0.1, 0.15) is 4.60 Å². The number of hydrogen-bond acceptors (Lipinski definition) is 5. The van der Waals surface area contributed by atoms with Gasteiger partial charge in [0.15, 0.2) is 0 Å². The van der Waals surface area contributed by atoms with Crippen molar-refractivity contribution in [1.29, 1.82) is 0 Å². The lowest BCUT2D eigenvalue weighted by atomic mass is 10.4. The molecule has 0 fully saturated rings. The van der Waals surface area contributed by atoms with Crippen molar-refractivity contribution in [1.82, 2.24) is 9.97 Å². The van der Waals surface area contributed by atoms with E-state index >= 15 is 0 Å². The van der Waals surface area contributed by atoms with E-state index in [9.17, 15) is 4.79 Å². The van der Waals surface area contributed by atoms with Gasteiger partial charge < -0.3 is 21.2 Å². The fourth-order valence-electron chi connectivity index (χ4n) is 1.05. The molecule has 2 aromatic rings. The number of methoxy groups -OCH3 is 1. The number of anilines is 2. The first-order valence-corrected chi connectivity index (χ1v) is 6.63. The topological polar surface area (TPSA) is 107 Å². The molecule has 6 nitrogen and oxygen atoms in total. The Labute approximate surface area is 134 Å². The molecule has 2 rings (SSSR count). The summed E-state index contributed by atoms with van der Waals surface area (Å²) in [5.74, 6) is 0.453. The maximum absolute atomic E-state index is 10.6. The number of nitrogens with one attached hydrogen (secondary N) is 1. The molecule has 2 aromatic heterocycles. The van der Waals surface area contributed by atoms with Gasteiger partial charge in [-0.15, -0.1) is 0 Å². The Bertz CT molecular complexity index is 622. The van der Waals surface area contributed by atoms with Crippen LogP contribution in [0, 0.1) is 0 Å². The Morgan fingerprint density at radius 2 is 1.75 bits per heavy atom. The summed E-state index contributed by atoms with van der Waals surface area (Å²) in [4.78, 5) is 17.1. The predicted octanol–water partition coefficient (Wildman–Crippen LogP) is 1.77. The molecule has 105 valence electrons. The molecule has 0 atom stereocenters. The van der Waals surface area contributed by atoms with Gasteiger partial charge in [0.2, 0.25) is 5.88 Å². The van der Waals surface area contributed by atoms with Gasteiger partial charge in [-0.25, -0.2) is 4.98 Å². The lowest BCUT2D eigenvalue weighted by Gasteiger charge is -2.01. The number of aromatic amines is 1. The molecule has 0 amide bonds. The van der Waals surface area contributed by atoms with Gasteiger partial charge in [-0.3, -0.25) is 4.79 Å². The number of rotatable bonds is 1. The molecule has 0 aliphatic carbocycles. The molecule has 0 saturated carbocycles. The van der Waals surface area contributed by atoms with Gasteiger partial charge >= 0.3 is 0 Å². The minimum Gasteiger partial charge on any atom is -0.480 e. The first-order chi connectivity index (χ1) is 8.93. The number of halogens is 2. The highest BCUT2D eigenvalue weighted by molar-refractivity contribution is 9.10. The van der Waals surface area contributed by atoms with E-state index in [1.807, 2.05) is 0 Å². The summed E-state index contributed by atoms with van der Waals surface area (Å²) in [5, 5.41) is 0. The third-order valence-electron chi connectivity index (χ3n) is 1.95. The summed E-state index contributed by atoms with van der Waals surface area (Å²) in [7, 11) is 1.53. The summed E-state index contributed by atoms with van der Waals surface area (Å²) in [5.41, 5.74) is 11.2. The van der Waals surface area contributed by atoms with Crippen LogP contribution in [-0.4, -0.2) is 25.5 Å². The van der Waals surface area contributed by atoms with E-state index in [0.29, 0.717) is 16.2 Å². The fourth-order valence-corrected chi connectivity index (χ4v) is 1.66. The summed E-state index contributed by atoms with van der Waals surface area (Å²) in [6.45, 7) is 0. The molecule has 0 aliphatic rings. The van der Waals surface area contributed by atoms with E-state index in [0.717, 1.165) is 4.60 Å². The summed E-state index contributed by atoms with van der Waals surface area (Å²) in [6, 6.07) is 6.72. The number of hydrogen-bond donors (Lipinski definition) is 3. The van der Waals surface area contributed by atoms with E-state index < -0.39 is 0 Å². The summed E-state index contributed by atoms with van der Waals surface area (Å²) < 4.78 is 6.22. The van der Waals surface area contributed by atoms with Gasteiger partial charge in [0.05, 0.1) is 23.1 Å². The molecule has 0 saturated heterocycles. The predicted molar refractivity (Wildman–Crippen MR) is 87.8 cm³/mol. The molecule has 2 heterocycles. The largest absolute Gasteiger partial charge is 0.480 e. The lowest BCUT2D eigenvalue weighted by Crippen LogP contribution is -2.10. The van der Waals surface area contributed by atoms with Crippen molar-refractivity contribution < 1.29 is 4.74 Å². The number of nitrogens with zero attached hydrogens (tertiary/aromatic N) is 1. The standard InChI is InChI=1S/C6H7BrN2O.C5H5BrN2O.B/c1-10-6-4(8)2-3-5(7)9-6;6-4-2-1-3(7)5(9)8-4;/h2-3H,8H2,1H3;1-2H,7H2,(H,8,9);. The molecule has 0 spiro atoms. The second kappa shape index (κ2) is 8.65. The zero-order chi connectivity index (χ0) is 14.4. The second-order valence-corrected chi connectivity index (χ2v) is 4.99. The number of aromatic nitrogens is 2. The van der Waals surface area contributed by atoms with Gasteiger partial charge in [-0.05, 0) is 56.1 Å². The van der Waals surface area contributed by atoms with E-state index in [4.69, 9.17) is 16.2 Å². The van der Waals surface area contributed by atoms with Crippen LogP contribution in [-0.2, 0) is 0 Å². The number of ether oxygens (including phenoxy) is 1. The van der Waals surface area contributed by atoms with Crippen LogP contribution in [0.5, 0.6) is 5.88 Å². The molecule has 20 heavy (non-hydrogen) atoms. The highest BCUT2D eigenvalue weighted by Gasteiger charge is 1.98. The zero-order valence-electron chi connectivity index (χ0n) is 10.6. The first-order valence-electron chi connectivity index (χ1n) is 5.04. The quantitative estimate of drug-likeness (QED) is 0.498. The molecule has 0 aliphatic heterocycles. The van der Waals surface area contributed by atoms with Crippen molar-refractivity contribution in [3.63, 3.8) is 0 Å². The maximum atomic E-state index is 10.6. The average Bonchev–Trinajstić information content (AvgIpc) is 2.38. The van der Waals surface area contributed by atoms with E-state index in [2.05, 4.69) is 41.8 Å². The first kappa shape index (κ1) is 18.5. The van der Waals surface area contributed by atoms with Gasteiger partial charge in [0, 0.05) is 8.41 Å². The third kappa shape index (κ3) is 5.66. The van der Waals surface area contributed by atoms with Crippen LogP contribution in [0.4, 0.5) is 11.4 Å². The fraction of sp³-hybridized carbons (Fsp3) is 0.0909. The highest BCUT2D eigenvalue weighted by atomic mass is 79.9. The van der Waals surface area contributed by atoms with E-state index in [1.165, 1.54) is 7.11 Å². The van der Waals surface area contributed by atoms with Crippen molar-refractivity contribution >= 4 is 51.6 Å². The van der Waals surface area contributed by atoms with Gasteiger partial charge in [-0.2, -0.15) is 0 Å². The Morgan fingerprint density at radius 1 is 1.15 bits per heavy atom. The van der Waals surface area contributed by atoms with Gasteiger partial charge in [0.25, 0.3) is 5.56 Å². The van der Waals surface area contributed by atoms with E-state index in [1.54, 1.807) is 24.3 Å². The van der Waals surface area contributed by atoms with Crippen LogP contribution in [0.15, 0.2) is 38.3 Å². The van der Waals surface area contributed by atoms with Crippen LogP contribution in [0.25, 0.3) is 0 Å². The molecule has 5 N–H and O–H groups in total. The second-order valence-electron chi connectivity index (χ2n) is 3.32. The zero-order valence-corrected chi connectivity index (χ0v) is 13.7. The van der Waals surface area contributed by atoms with Crippen molar-refractivity contribution in [3.05, 3.63) is 43.8 Å². The van der Waals surface area contributed by atoms with E-state index in [-0.39, 0.29) is 19.7 Å². The van der Waals surface area contributed by atoms with Crippen LogP contribution >= 0.6 is 31.9 Å². The Hall–Kier alpha value is -1.48. The molecular weight excluding hydrogens is 391 g/mol. The van der Waals surface area contributed by atoms with Crippen LogP contribution in [0.3, 0.4) is 0 Å². The minimum atomic E-state index is -0.260. The molecule has 3 radical (unpaired) electrons. The molecular formula is C11H12BBr2N4O2. The van der Waals surface area contributed by atoms with Crippen LogP contribution in [0.2, 0.25) is 0 Å². The monoisotopic (exact) mass is 401 g/mol. The Kier molecular flexibility index (Phi) is 8.01. The number of nitrogen functional groups attached to an aromatic ring is 2. The van der Waals surface area contributed by atoms with Crippen LogP contribution < -0.4 is 21.8 Å². The SMILES string of the molecule is COc1nc(Br)ccc1N.Nc1ccc(Br)[nH]c1=O.[B]. The van der Waals surface area contributed by atoms with Gasteiger partial charge in [-0.1, -0.05) is 0 Å². The Morgan fingerprint density at radius 3 is 2.20 bits per heavy atom. The van der Waals surface area contributed by atoms with Crippen LogP contribution in [0.1, 0.15) is 0 Å². The molecule has 0 unspecified atom stereocenters. The third-order valence-corrected chi connectivity index (χ3v) is 2.86. The molecule has 9 heteroatoms. The molecule has 0 aromatic carbocycles. The lowest BCUT2D eigenvalue weighted by molar-refractivity contribution is 0.399. The Balaban J connectivity index is 0.000000345. The molecule has 0 bridgehead atoms. The smallest absolute Gasteiger partial charge is 0.271 e. The normalized spacial score (nSPS) is 8.95. The average molecular weight is 403 g/mol. The summed E-state index contributed by atoms with van der Waals surface area (Å²) >= 11 is 6.28. The number of pyridine rings is 2. The highest BCUT2D eigenvalue weighted by Crippen LogP contribution is 2.19. The van der Waals surface area contributed by atoms with Crippen molar-refractivity contribution in [2.75, 3.05) is 18.6 Å².